The summed E-state index contributed by atoms with van der Waals surface area (Å²) in [6.45, 7) is 4.10. The van der Waals surface area contributed by atoms with Gasteiger partial charge in [0.1, 0.15) is 16.9 Å². The van der Waals surface area contributed by atoms with Crippen LogP contribution in [-0.4, -0.2) is 29.8 Å². The predicted octanol–water partition coefficient (Wildman–Crippen LogP) is 3.56. The van der Waals surface area contributed by atoms with Gasteiger partial charge in [-0.3, -0.25) is 0 Å². The van der Waals surface area contributed by atoms with E-state index >= 15 is 0 Å². The van der Waals surface area contributed by atoms with Crippen molar-refractivity contribution in [1.82, 2.24) is 4.98 Å². The third-order valence-corrected chi connectivity index (χ3v) is 4.50. The number of esters is 1. The molecule has 2 aromatic rings. The van der Waals surface area contributed by atoms with Crippen molar-refractivity contribution in [2.24, 2.45) is 0 Å². The van der Waals surface area contributed by atoms with Gasteiger partial charge in [-0.2, -0.15) is 0 Å². The van der Waals surface area contributed by atoms with Crippen LogP contribution in [0.2, 0.25) is 0 Å². The molecule has 0 saturated heterocycles. The quantitative estimate of drug-likeness (QED) is 0.784. The zero-order chi connectivity index (χ0) is 16.8. The molecule has 0 radical (unpaired) electrons. The topological polar surface area (TPSA) is 68.7 Å². The van der Waals surface area contributed by atoms with Crippen molar-refractivity contribution in [2.45, 2.75) is 32.3 Å². The number of aliphatic hydroxyl groups is 1. The number of carbonyl (C=O) groups excluding carboxylic acids is 1. The van der Waals surface area contributed by atoms with E-state index in [-0.39, 0.29) is 11.6 Å². The van der Waals surface area contributed by atoms with E-state index in [4.69, 9.17) is 9.47 Å². The molecule has 0 aliphatic rings. The van der Waals surface area contributed by atoms with E-state index in [0.717, 1.165) is 11.3 Å². The SMILES string of the molecule is CCOC(=O)c1csc([C@H](O)C[C@@H](C)c2ccc(OC)cc2)n1. The molecule has 2 rings (SSSR count). The fraction of sp³-hybridized carbons (Fsp3) is 0.412. The minimum atomic E-state index is -0.708. The van der Waals surface area contributed by atoms with E-state index in [9.17, 15) is 9.90 Å². The van der Waals surface area contributed by atoms with E-state index in [2.05, 4.69) is 4.98 Å². The van der Waals surface area contributed by atoms with E-state index in [0.29, 0.717) is 18.0 Å². The lowest BCUT2D eigenvalue weighted by Gasteiger charge is -2.15. The van der Waals surface area contributed by atoms with Crippen molar-refractivity contribution in [1.29, 1.82) is 0 Å². The monoisotopic (exact) mass is 335 g/mol. The van der Waals surface area contributed by atoms with Gasteiger partial charge in [0.05, 0.1) is 13.7 Å². The van der Waals surface area contributed by atoms with Crippen molar-refractivity contribution in [3.63, 3.8) is 0 Å². The van der Waals surface area contributed by atoms with E-state index < -0.39 is 12.1 Å². The van der Waals surface area contributed by atoms with Crippen molar-refractivity contribution in [3.05, 3.63) is 45.9 Å². The second-order valence-electron chi connectivity index (χ2n) is 5.22. The number of methoxy groups -OCH3 is 1. The Hall–Kier alpha value is -1.92. The molecule has 6 heteroatoms. The normalized spacial score (nSPS) is 13.4. The lowest BCUT2D eigenvalue weighted by molar-refractivity contribution is 0.0519. The van der Waals surface area contributed by atoms with Gasteiger partial charge in [0.25, 0.3) is 0 Å². The molecule has 0 amide bonds. The third kappa shape index (κ3) is 4.53. The molecule has 5 nitrogen and oxygen atoms in total. The van der Waals surface area contributed by atoms with Gasteiger partial charge in [-0.1, -0.05) is 19.1 Å². The molecule has 2 atom stereocenters. The Bertz CT molecular complexity index is 638. The number of rotatable bonds is 7. The lowest BCUT2D eigenvalue weighted by Crippen LogP contribution is -2.07. The van der Waals surface area contributed by atoms with Crippen LogP contribution < -0.4 is 4.74 Å². The number of benzene rings is 1. The zero-order valence-corrected chi connectivity index (χ0v) is 14.3. The fourth-order valence-corrected chi connectivity index (χ4v) is 3.03. The Kier molecular flexibility index (Phi) is 6.12. The summed E-state index contributed by atoms with van der Waals surface area (Å²) in [4.78, 5) is 15.8. The number of thiazole rings is 1. The molecule has 1 aromatic carbocycles. The number of hydrogen-bond donors (Lipinski definition) is 1. The molecule has 1 heterocycles. The Labute approximate surface area is 139 Å². The van der Waals surface area contributed by atoms with Gasteiger partial charge in [-0.05, 0) is 37.0 Å². The van der Waals surface area contributed by atoms with Crippen LogP contribution in [0.3, 0.4) is 0 Å². The second kappa shape index (κ2) is 8.08. The highest BCUT2D eigenvalue weighted by Crippen LogP contribution is 2.30. The minimum Gasteiger partial charge on any atom is -0.497 e. The van der Waals surface area contributed by atoms with Crippen LogP contribution in [0.25, 0.3) is 0 Å². The van der Waals surface area contributed by atoms with Gasteiger partial charge in [0.15, 0.2) is 5.69 Å². The number of aliphatic hydroxyl groups excluding tert-OH is 1. The number of aromatic nitrogens is 1. The van der Waals surface area contributed by atoms with Gasteiger partial charge in [0.2, 0.25) is 0 Å². The summed E-state index contributed by atoms with van der Waals surface area (Å²) in [7, 11) is 1.63. The maximum Gasteiger partial charge on any atom is 0.357 e. The molecule has 124 valence electrons. The third-order valence-electron chi connectivity index (χ3n) is 3.55. The second-order valence-corrected chi connectivity index (χ2v) is 6.11. The van der Waals surface area contributed by atoms with Crippen LogP contribution in [0.1, 0.15) is 53.3 Å². The van der Waals surface area contributed by atoms with Crippen molar-refractivity contribution in [3.8, 4) is 5.75 Å². The summed E-state index contributed by atoms with van der Waals surface area (Å²) in [5.74, 6) is 0.511. The molecule has 0 aliphatic heterocycles. The van der Waals surface area contributed by atoms with Gasteiger partial charge in [-0.25, -0.2) is 9.78 Å². The average molecular weight is 335 g/mol. The Balaban J connectivity index is 2.00. The lowest BCUT2D eigenvalue weighted by atomic mass is 9.95. The highest BCUT2D eigenvalue weighted by Gasteiger charge is 2.19. The predicted molar refractivity (Wildman–Crippen MR) is 89.1 cm³/mol. The Morgan fingerprint density at radius 1 is 1.35 bits per heavy atom. The molecule has 0 saturated carbocycles. The van der Waals surface area contributed by atoms with E-state index in [1.807, 2.05) is 31.2 Å². The fourth-order valence-electron chi connectivity index (χ4n) is 2.24. The molecule has 0 fully saturated rings. The molecular weight excluding hydrogens is 314 g/mol. The van der Waals surface area contributed by atoms with Crippen LogP contribution in [0.5, 0.6) is 5.75 Å². The Morgan fingerprint density at radius 2 is 2.04 bits per heavy atom. The first-order valence-electron chi connectivity index (χ1n) is 7.49. The first kappa shape index (κ1) is 17.4. The molecule has 0 bridgehead atoms. The summed E-state index contributed by atoms with van der Waals surface area (Å²) in [5.41, 5.74) is 1.37. The number of carbonyl (C=O) groups is 1. The molecule has 0 spiro atoms. The van der Waals surface area contributed by atoms with Crippen LogP contribution in [0.4, 0.5) is 0 Å². The molecule has 0 unspecified atom stereocenters. The number of hydrogen-bond acceptors (Lipinski definition) is 6. The maximum atomic E-state index is 11.6. The van der Waals surface area contributed by atoms with E-state index in [1.54, 1.807) is 19.4 Å². The van der Waals surface area contributed by atoms with Gasteiger partial charge >= 0.3 is 5.97 Å². The number of ether oxygens (including phenoxy) is 2. The largest absolute Gasteiger partial charge is 0.497 e. The van der Waals surface area contributed by atoms with Crippen LogP contribution >= 0.6 is 11.3 Å². The Morgan fingerprint density at radius 3 is 2.65 bits per heavy atom. The number of nitrogens with zero attached hydrogens (tertiary/aromatic N) is 1. The molecule has 1 aromatic heterocycles. The molecule has 0 aliphatic carbocycles. The summed E-state index contributed by atoms with van der Waals surface area (Å²) >= 11 is 1.27. The van der Waals surface area contributed by atoms with Crippen LogP contribution in [-0.2, 0) is 4.74 Å². The van der Waals surface area contributed by atoms with Crippen molar-refractivity contribution < 1.29 is 19.4 Å². The summed E-state index contributed by atoms with van der Waals surface area (Å²) in [5, 5.41) is 12.5. The summed E-state index contributed by atoms with van der Waals surface area (Å²) in [6.07, 6.45) is -0.178. The first-order chi connectivity index (χ1) is 11.0. The van der Waals surface area contributed by atoms with Gasteiger partial charge in [-0.15, -0.1) is 11.3 Å². The van der Waals surface area contributed by atoms with Gasteiger partial charge in [0, 0.05) is 5.38 Å². The van der Waals surface area contributed by atoms with E-state index in [1.165, 1.54) is 11.3 Å². The summed E-state index contributed by atoms with van der Waals surface area (Å²) < 4.78 is 10.0. The smallest absolute Gasteiger partial charge is 0.357 e. The van der Waals surface area contributed by atoms with Crippen LogP contribution in [0, 0.1) is 0 Å². The summed E-state index contributed by atoms with van der Waals surface area (Å²) in [6, 6.07) is 7.78. The maximum absolute atomic E-state index is 11.6. The zero-order valence-electron chi connectivity index (χ0n) is 13.5. The average Bonchev–Trinajstić information content (AvgIpc) is 3.05. The molecule has 1 N–H and O–H groups in total. The van der Waals surface area contributed by atoms with Crippen molar-refractivity contribution >= 4 is 17.3 Å². The minimum absolute atomic E-state index is 0.158. The van der Waals surface area contributed by atoms with Gasteiger partial charge < -0.3 is 14.6 Å². The highest BCUT2D eigenvalue weighted by atomic mass is 32.1. The molecular formula is C17H21NO4S. The highest BCUT2D eigenvalue weighted by molar-refractivity contribution is 7.09. The van der Waals surface area contributed by atoms with Crippen molar-refractivity contribution in [2.75, 3.05) is 13.7 Å². The standard InChI is InChI=1S/C17H21NO4S/c1-4-22-17(20)14-10-23-16(18-14)15(19)9-11(2)12-5-7-13(21-3)8-6-12/h5-8,10-11,15,19H,4,9H2,1-3H3/t11-,15-/m1/s1. The molecule has 23 heavy (non-hydrogen) atoms. The van der Waals surface area contributed by atoms with Crippen LogP contribution in [0.15, 0.2) is 29.6 Å². The first-order valence-corrected chi connectivity index (χ1v) is 8.37.